The number of halogens is 1. The van der Waals surface area contributed by atoms with Crippen LogP contribution < -0.4 is 28.8 Å². The number of hydrogen-bond acceptors (Lipinski definition) is 3. The van der Waals surface area contributed by atoms with Crippen molar-refractivity contribution in [2.24, 2.45) is 5.73 Å². The van der Waals surface area contributed by atoms with E-state index in [0.717, 1.165) is 18.0 Å². The number of nitrogens with zero attached hydrogens (tertiary/aromatic N) is 1. The lowest BCUT2D eigenvalue weighted by Gasteiger charge is -2.25. The van der Waals surface area contributed by atoms with Crippen LogP contribution in [-0.2, 0) is 14.4 Å². The number of amides is 3. The molecule has 0 spiro atoms. The van der Waals surface area contributed by atoms with Gasteiger partial charge in [0, 0.05) is 30.8 Å². The molecular formula is C17H27ClN4O3. The third kappa shape index (κ3) is 12.7. The van der Waals surface area contributed by atoms with Crippen LogP contribution in [0.2, 0.25) is 0 Å². The van der Waals surface area contributed by atoms with Gasteiger partial charge in [-0.05, 0) is 19.1 Å². The van der Waals surface area contributed by atoms with E-state index in [2.05, 4.69) is 23.8 Å². The molecule has 0 saturated carbocycles. The van der Waals surface area contributed by atoms with Gasteiger partial charge in [0.2, 0.25) is 17.7 Å². The van der Waals surface area contributed by atoms with Gasteiger partial charge in [0.15, 0.2) is 0 Å². The first kappa shape index (κ1) is 24.9. The molecule has 140 valence electrons. The van der Waals surface area contributed by atoms with E-state index < -0.39 is 11.8 Å². The summed E-state index contributed by atoms with van der Waals surface area (Å²) in [6, 6.07) is 0. The molecule has 3 amide bonds. The standard InChI is InChI=1S/C17H26N4O3.ClH/c1-13(7-6-8-16(23)19-12-10-15(18)22)17(24)20-11-9-14(2)21(3,4)5;/h6,8,10,12H,1-2,7,9,11H2,3-5H3,(H3-,18,19,20,22,23,24);1H. The van der Waals surface area contributed by atoms with Crippen LogP contribution in [-0.4, -0.2) is 49.9 Å². The largest absolute Gasteiger partial charge is 1.00 e. The van der Waals surface area contributed by atoms with Gasteiger partial charge in [-0.1, -0.05) is 12.7 Å². The molecule has 7 nitrogen and oxygen atoms in total. The molecule has 0 aliphatic heterocycles. The van der Waals surface area contributed by atoms with Gasteiger partial charge in [-0.3, -0.25) is 14.4 Å². The van der Waals surface area contributed by atoms with Gasteiger partial charge in [-0.15, -0.1) is 0 Å². The Labute approximate surface area is 155 Å². The van der Waals surface area contributed by atoms with Gasteiger partial charge < -0.3 is 33.3 Å². The molecular weight excluding hydrogens is 344 g/mol. The summed E-state index contributed by atoms with van der Waals surface area (Å²) < 4.78 is 0.638. The molecule has 0 aliphatic carbocycles. The number of carbonyl (C=O) groups is 3. The van der Waals surface area contributed by atoms with Crippen molar-refractivity contribution >= 4 is 17.7 Å². The van der Waals surface area contributed by atoms with Gasteiger partial charge in [0.1, 0.15) is 5.70 Å². The SMILES string of the molecule is C=C(CC=CC(=O)NC=CC(N)=O)C(=O)NCCC(=C)[N+](C)(C)C.[Cl-]. The molecule has 0 heterocycles. The summed E-state index contributed by atoms with van der Waals surface area (Å²) >= 11 is 0. The van der Waals surface area contributed by atoms with Crippen LogP contribution >= 0.6 is 0 Å². The molecule has 0 saturated heterocycles. The topological polar surface area (TPSA) is 101 Å². The Morgan fingerprint density at radius 2 is 1.72 bits per heavy atom. The fourth-order valence-corrected chi connectivity index (χ4v) is 1.44. The summed E-state index contributed by atoms with van der Waals surface area (Å²) in [5, 5.41) is 5.09. The molecule has 25 heavy (non-hydrogen) atoms. The highest BCUT2D eigenvalue weighted by molar-refractivity contribution is 5.93. The van der Waals surface area contributed by atoms with Crippen molar-refractivity contribution in [3.05, 3.63) is 48.9 Å². The van der Waals surface area contributed by atoms with E-state index in [1.807, 2.05) is 21.1 Å². The monoisotopic (exact) mass is 370 g/mol. The Bertz CT molecular complexity index is 575. The van der Waals surface area contributed by atoms with Crippen LogP contribution in [0.5, 0.6) is 0 Å². The van der Waals surface area contributed by atoms with Crippen LogP contribution in [0.15, 0.2) is 48.9 Å². The summed E-state index contributed by atoms with van der Waals surface area (Å²) in [6.45, 7) is 8.15. The van der Waals surface area contributed by atoms with Crippen molar-refractivity contribution in [1.29, 1.82) is 0 Å². The molecule has 8 heteroatoms. The first-order valence-electron chi connectivity index (χ1n) is 7.43. The summed E-state index contributed by atoms with van der Waals surface area (Å²) in [5.74, 6) is -1.35. The molecule has 0 aromatic carbocycles. The lowest BCUT2D eigenvalue weighted by Crippen LogP contribution is -3.00. The summed E-state index contributed by atoms with van der Waals surface area (Å²) in [5.41, 5.74) is 6.23. The second kappa shape index (κ2) is 12.0. The van der Waals surface area contributed by atoms with E-state index in [1.165, 1.54) is 12.2 Å². The van der Waals surface area contributed by atoms with Crippen molar-refractivity contribution in [3.63, 3.8) is 0 Å². The summed E-state index contributed by atoms with van der Waals surface area (Å²) in [4.78, 5) is 33.7. The molecule has 0 atom stereocenters. The van der Waals surface area contributed by atoms with Crippen molar-refractivity contribution in [2.45, 2.75) is 12.8 Å². The molecule has 0 rings (SSSR count). The van der Waals surface area contributed by atoms with Crippen molar-refractivity contribution in [2.75, 3.05) is 27.7 Å². The number of primary amides is 1. The van der Waals surface area contributed by atoms with Gasteiger partial charge in [-0.25, -0.2) is 0 Å². The van der Waals surface area contributed by atoms with Crippen LogP contribution in [0.3, 0.4) is 0 Å². The minimum atomic E-state index is -0.655. The van der Waals surface area contributed by atoms with Crippen molar-refractivity contribution in [3.8, 4) is 0 Å². The van der Waals surface area contributed by atoms with Crippen LogP contribution in [0, 0.1) is 0 Å². The number of hydrogen-bond donors (Lipinski definition) is 3. The predicted octanol–water partition coefficient (Wildman–Crippen LogP) is -2.67. The predicted molar refractivity (Wildman–Crippen MR) is 94.2 cm³/mol. The fourth-order valence-electron chi connectivity index (χ4n) is 1.44. The Balaban J connectivity index is 0. The smallest absolute Gasteiger partial charge is 0.247 e. The van der Waals surface area contributed by atoms with E-state index in [1.54, 1.807) is 0 Å². The fraction of sp³-hybridized carbons (Fsp3) is 0.353. The number of allylic oxidation sites excluding steroid dienone is 1. The average Bonchev–Trinajstić information content (AvgIpc) is 2.45. The van der Waals surface area contributed by atoms with Gasteiger partial charge in [0.05, 0.1) is 21.1 Å². The Hall–Kier alpha value is -2.38. The zero-order valence-electron chi connectivity index (χ0n) is 15.0. The lowest BCUT2D eigenvalue weighted by molar-refractivity contribution is -0.832. The first-order valence-corrected chi connectivity index (χ1v) is 7.43. The van der Waals surface area contributed by atoms with E-state index in [-0.39, 0.29) is 24.7 Å². The minimum Gasteiger partial charge on any atom is -1.00 e. The van der Waals surface area contributed by atoms with E-state index in [0.29, 0.717) is 23.0 Å². The average molecular weight is 371 g/mol. The zero-order valence-corrected chi connectivity index (χ0v) is 15.7. The number of nitrogens with two attached hydrogens (primary N) is 1. The molecule has 0 aromatic rings. The molecule has 0 aromatic heterocycles. The Morgan fingerprint density at radius 3 is 2.24 bits per heavy atom. The number of carbonyl (C=O) groups excluding carboxylic acids is 3. The minimum absolute atomic E-state index is 0. The summed E-state index contributed by atoms with van der Waals surface area (Å²) in [6.07, 6.45) is 5.87. The van der Waals surface area contributed by atoms with Crippen molar-refractivity contribution in [1.82, 2.24) is 10.6 Å². The lowest BCUT2D eigenvalue weighted by atomic mass is 10.2. The molecule has 0 bridgehead atoms. The molecule has 0 aliphatic rings. The maximum absolute atomic E-state index is 11.9. The molecule has 0 unspecified atom stereocenters. The van der Waals surface area contributed by atoms with Crippen LogP contribution in [0.1, 0.15) is 12.8 Å². The van der Waals surface area contributed by atoms with Gasteiger partial charge in [0.25, 0.3) is 0 Å². The summed E-state index contributed by atoms with van der Waals surface area (Å²) in [7, 11) is 6.03. The van der Waals surface area contributed by atoms with Gasteiger partial charge in [-0.2, -0.15) is 0 Å². The van der Waals surface area contributed by atoms with E-state index >= 15 is 0 Å². The first-order chi connectivity index (χ1) is 11.0. The number of nitrogens with one attached hydrogen (secondary N) is 2. The second-order valence-electron chi connectivity index (χ2n) is 6.04. The Morgan fingerprint density at radius 1 is 1.12 bits per heavy atom. The Kier molecular flexibility index (Phi) is 12.0. The zero-order chi connectivity index (χ0) is 18.8. The van der Waals surface area contributed by atoms with Gasteiger partial charge >= 0.3 is 0 Å². The second-order valence-corrected chi connectivity index (χ2v) is 6.04. The quantitative estimate of drug-likeness (QED) is 0.289. The highest BCUT2D eigenvalue weighted by atomic mass is 35.5. The molecule has 4 N–H and O–H groups in total. The van der Waals surface area contributed by atoms with E-state index in [4.69, 9.17) is 5.73 Å². The normalized spacial score (nSPS) is 11.0. The van der Waals surface area contributed by atoms with E-state index in [9.17, 15) is 14.4 Å². The number of quaternary nitrogens is 1. The third-order valence-corrected chi connectivity index (χ3v) is 3.08. The molecule has 0 radical (unpaired) electrons. The highest BCUT2D eigenvalue weighted by Crippen LogP contribution is 2.08. The van der Waals surface area contributed by atoms with Crippen LogP contribution in [0.25, 0.3) is 0 Å². The highest BCUT2D eigenvalue weighted by Gasteiger charge is 2.13. The van der Waals surface area contributed by atoms with Crippen LogP contribution in [0.4, 0.5) is 0 Å². The third-order valence-electron chi connectivity index (χ3n) is 3.08. The molecule has 0 fully saturated rings. The van der Waals surface area contributed by atoms with Crippen molar-refractivity contribution < 1.29 is 31.3 Å². The number of rotatable bonds is 10. The maximum Gasteiger partial charge on any atom is 0.247 e. The maximum atomic E-state index is 11.9.